The molecule has 0 aliphatic heterocycles. The lowest BCUT2D eigenvalue weighted by Gasteiger charge is -2.08. The summed E-state index contributed by atoms with van der Waals surface area (Å²) in [4.78, 5) is 14.0. The number of hydrogen-bond donors (Lipinski definition) is 3. The quantitative estimate of drug-likeness (QED) is 0.600. The van der Waals surface area contributed by atoms with Gasteiger partial charge in [-0.05, 0) is 19.1 Å². The predicted molar refractivity (Wildman–Crippen MR) is 44.8 cm³/mol. The first-order valence-electron chi connectivity index (χ1n) is 3.79. The Hall–Kier alpha value is -1.29. The maximum atomic E-state index is 11.2. The number of H-pyrrole nitrogens is 1. The Labute approximate surface area is 70.6 Å². The lowest BCUT2D eigenvalue weighted by atomic mass is 10.3. The van der Waals surface area contributed by atoms with Crippen molar-refractivity contribution < 1.29 is 9.90 Å². The SMILES string of the molecule is C[C@@H](CO)NC(=O)c1ccc[nH]1. The molecule has 0 fully saturated rings. The van der Waals surface area contributed by atoms with E-state index in [2.05, 4.69) is 10.3 Å². The Kier molecular flexibility index (Phi) is 2.88. The Bertz CT molecular complexity index is 244. The van der Waals surface area contributed by atoms with Gasteiger partial charge in [-0.2, -0.15) is 0 Å². The van der Waals surface area contributed by atoms with Gasteiger partial charge in [-0.1, -0.05) is 0 Å². The molecule has 3 N–H and O–H groups in total. The third-order valence-corrected chi connectivity index (χ3v) is 1.49. The van der Waals surface area contributed by atoms with Crippen LogP contribution in [-0.4, -0.2) is 28.6 Å². The average molecular weight is 168 g/mol. The molecular weight excluding hydrogens is 156 g/mol. The average Bonchev–Trinajstić information content (AvgIpc) is 2.56. The van der Waals surface area contributed by atoms with Crippen molar-refractivity contribution in [2.75, 3.05) is 6.61 Å². The molecular formula is C8H12N2O2. The van der Waals surface area contributed by atoms with Crippen molar-refractivity contribution in [1.29, 1.82) is 0 Å². The van der Waals surface area contributed by atoms with E-state index in [4.69, 9.17) is 5.11 Å². The van der Waals surface area contributed by atoms with Gasteiger partial charge in [0.25, 0.3) is 5.91 Å². The van der Waals surface area contributed by atoms with Crippen molar-refractivity contribution >= 4 is 5.91 Å². The first-order valence-corrected chi connectivity index (χ1v) is 3.79. The molecule has 0 saturated carbocycles. The van der Waals surface area contributed by atoms with Crippen LogP contribution in [0.25, 0.3) is 0 Å². The summed E-state index contributed by atoms with van der Waals surface area (Å²) in [6, 6.07) is 3.22. The third kappa shape index (κ3) is 2.10. The predicted octanol–water partition coefficient (Wildman–Crippen LogP) is 0.125. The standard InChI is InChI=1S/C8H12N2O2/c1-6(5-11)10-8(12)7-3-2-4-9-7/h2-4,6,9,11H,5H2,1H3,(H,10,12)/t6-/m0/s1. The van der Waals surface area contributed by atoms with Crippen LogP contribution in [0.5, 0.6) is 0 Å². The van der Waals surface area contributed by atoms with Crippen LogP contribution in [0.2, 0.25) is 0 Å². The fourth-order valence-corrected chi connectivity index (χ4v) is 0.819. The van der Waals surface area contributed by atoms with Gasteiger partial charge < -0.3 is 15.4 Å². The summed E-state index contributed by atoms with van der Waals surface area (Å²) in [6.45, 7) is 1.69. The van der Waals surface area contributed by atoms with Gasteiger partial charge in [-0.3, -0.25) is 4.79 Å². The van der Waals surface area contributed by atoms with Crippen LogP contribution in [0.4, 0.5) is 0 Å². The molecule has 1 rings (SSSR count). The van der Waals surface area contributed by atoms with E-state index in [0.29, 0.717) is 5.69 Å². The highest BCUT2D eigenvalue weighted by Gasteiger charge is 2.08. The second-order valence-corrected chi connectivity index (χ2v) is 2.64. The highest BCUT2D eigenvalue weighted by Crippen LogP contribution is 1.94. The smallest absolute Gasteiger partial charge is 0.267 e. The summed E-state index contributed by atoms with van der Waals surface area (Å²) in [5.74, 6) is -0.193. The highest BCUT2D eigenvalue weighted by atomic mass is 16.3. The van der Waals surface area contributed by atoms with Gasteiger partial charge in [0.1, 0.15) is 5.69 Å². The van der Waals surface area contributed by atoms with E-state index in [1.54, 1.807) is 25.3 Å². The Balaban J connectivity index is 2.50. The minimum absolute atomic E-state index is 0.0492. The van der Waals surface area contributed by atoms with Crippen LogP contribution in [0.15, 0.2) is 18.3 Å². The Morgan fingerprint density at radius 3 is 3.08 bits per heavy atom. The molecule has 0 aliphatic rings. The lowest BCUT2D eigenvalue weighted by Crippen LogP contribution is -2.35. The summed E-state index contributed by atoms with van der Waals surface area (Å²) in [5, 5.41) is 11.3. The molecule has 1 aromatic rings. The zero-order valence-electron chi connectivity index (χ0n) is 6.87. The molecule has 0 radical (unpaired) electrons. The zero-order chi connectivity index (χ0) is 8.97. The summed E-state index contributed by atoms with van der Waals surface area (Å²) in [6.07, 6.45) is 1.68. The molecule has 66 valence electrons. The van der Waals surface area contributed by atoms with Crippen LogP contribution < -0.4 is 5.32 Å². The van der Waals surface area contributed by atoms with E-state index in [1.165, 1.54) is 0 Å². The van der Waals surface area contributed by atoms with Gasteiger partial charge in [-0.25, -0.2) is 0 Å². The largest absolute Gasteiger partial charge is 0.394 e. The van der Waals surface area contributed by atoms with Gasteiger partial charge in [0.2, 0.25) is 0 Å². The number of nitrogens with one attached hydrogen (secondary N) is 2. The van der Waals surface area contributed by atoms with Gasteiger partial charge in [0.05, 0.1) is 6.61 Å². The summed E-state index contributed by atoms with van der Waals surface area (Å²) < 4.78 is 0. The maximum absolute atomic E-state index is 11.2. The summed E-state index contributed by atoms with van der Waals surface area (Å²) >= 11 is 0. The summed E-state index contributed by atoms with van der Waals surface area (Å²) in [5.41, 5.74) is 0.510. The molecule has 1 heterocycles. The van der Waals surface area contributed by atoms with E-state index in [1.807, 2.05) is 0 Å². The zero-order valence-corrected chi connectivity index (χ0v) is 6.87. The molecule has 0 unspecified atom stereocenters. The lowest BCUT2D eigenvalue weighted by molar-refractivity contribution is 0.0918. The van der Waals surface area contributed by atoms with Crippen molar-refractivity contribution in [3.8, 4) is 0 Å². The molecule has 4 nitrogen and oxygen atoms in total. The first kappa shape index (κ1) is 8.80. The second kappa shape index (κ2) is 3.92. The number of aromatic nitrogens is 1. The maximum Gasteiger partial charge on any atom is 0.267 e. The van der Waals surface area contributed by atoms with Crippen LogP contribution in [0, 0.1) is 0 Å². The topological polar surface area (TPSA) is 65.1 Å². The van der Waals surface area contributed by atoms with Crippen LogP contribution >= 0.6 is 0 Å². The van der Waals surface area contributed by atoms with Crippen LogP contribution in [0.1, 0.15) is 17.4 Å². The Morgan fingerprint density at radius 2 is 2.58 bits per heavy atom. The summed E-state index contributed by atoms with van der Waals surface area (Å²) in [7, 11) is 0. The van der Waals surface area contributed by atoms with E-state index >= 15 is 0 Å². The number of carbonyl (C=O) groups is 1. The monoisotopic (exact) mass is 168 g/mol. The molecule has 1 aromatic heterocycles. The number of aliphatic hydroxyl groups excluding tert-OH is 1. The van der Waals surface area contributed by atoms with E-state index in [9.17, 15) is 4.79 Å². The van der Waals surface area contributed by atoms with Gasteiger partial charge in [-0.15, -0.1) is 0 Å². The fourth-order valence-electron chi connectivity index (χ4n) is 0.819. The van der Waals surface area contributed by atoms with Crippen molar-refractivity contribution in [2.45, 2.75) is 13.0 Å². The second-order valence-electron chi connectivity index (χ2n) is 2.64. The highest BCUT2D eigenvalue weighted by molar-refractivity contribution is 5.92. The molecule has 1 atom stereocenters. The molecule has 1 amide bonds. The van der Waals surface area contributed by atoms with Gasteiger partial charge in [0, 0.05) is 12.2 Å². The number of amides is 1. The fraction of sp³-hybridized carbons (Fsp3) is 0.375. The van der Waals surface area contributed by atoms with Crippen LogP contribution in [-0.2, 0) is 0 Å². The first-order chi connectivity index (χ1) is 5.74. The molecule has 12 heavy (non-hydrogen) atoms. The van der Waals surface area contributed by atoms with Crippen molar-refractivity contribution in [1.82, 2.24) is 10.3 Å². The molecule has 0 spiro atoms. The minimum atomic E-state index is -0.208. The molecule has 0 aromatic carbocycles. The minimum Gasteiger partial charge on any atom is -0.394 e. The van der Waals surface area contributed by atoms with Crippen LogP contribution in [0.3, 0.4) is 0 Å². The van der Waals surface area contributed by atoms with Crippen molar-refractivity contribution in [2.24, 2.45) is 0 Å². The van der Waals surface area contributed by atoms with Crippen molar-refractivity contribution in [3.05, 3.63) is 24.0 Å². The number of carbonyl (C=O) groups excluding carboxylic acids is 1. The Morgan fingerprint density at radius 1 is 1.83 bits per heavy atom. The van der Waals surface area contributed by atoms with E-state index < -0.39 is 0 Å². The molecule has 4 heteroatoms. The number of aliphatic hydroxyl groups is 1. The number of hydrogen-bond acceptors (Lipinski definition) is 2. The van der Waals surface area contributed by atoms with Crippen molar-refractivity contribution in [3.63, 3.8) is 0 Å². The van der Waals surface area contributed by atoms with E-state index in [-0.39, 0.29) is 18.6 Å². The number of aromatic amines is 1. The van der Waals surface area contributed by atoms with Gasteiger partial charge >= 0.3 is 0 Å². The molecule has 0 bridgehead atoms. The molecule has 0 saturated heterocycles. The third-order valence-electron chi connectivity index (χ3n) is 1.49. The normalized spacial score (nSPS) is 12.5. The van der Waals surface area contributed by atoms with E-state index in [0.717, 1.165) is 0 Å². The van der Waals surface area contributed by atoms with Gasteiger partial charge in [0.15, 0.2) is 0 Å². The molecule has 0 aliphatic carbocycles. The number of rotatable bonds is 3.